The number of halogens is 1. The van der Waals surface area contributed by atoms with E-state index in [1.807, 2.05) is 24.3 Å². The summed E-state index contributed by atoms with van der Waals surface area (Å²) < 4.78 is 22.7. The highest BCUT2D eigenvalue weighted by atomic mass is 79.9. The van der Waals surface area contributed by atoms with Gasteiger partial charge in [0.2, 0.25) is 0 Å². The highest BCUT2D eigenvalue weighted by molar-refractivity contribution is 9.10. The second-order valence-electron chi connectivity index (χ2n) is 9.29. The van der Waals surface area contributed by atoms with E-state index in [1.165, 1.54) is 11.1 Å². The Hall–Kier alpha value is -2.09. The van der Waals surface area contributed by atoms with E-state index in [1.54, 1.807) is 14.2 Å². The Kier molecular flexibility index (Phi) is 8.17. The number of hydrogen-bond donors (Lipinski definition) is 1. The van der Waals surface area contributed by atoms with Gasteiger partial charge in [-0.15, -0.1) is 0 Å². The van der Waals surface area contributed by atoms with Gasteiger partial charge < -0.3 is 24.3 Å². The molecule has 34 heavy (non-hydrogen) atoms. The van der Waals surface area contributed by atoms with Crippen molar-refractivity contribution in [1.82, 2.24) is 0 Å². The first-order valence-corrected chi connectivity index (χ1v) is 12.7. The molecule has 0 bridgehead atoms. The molecule has 184 valence electrons. The molecule has 1 fully saturated rings. The summed E-state index contributed by atoms with van der Waals surface area (Å²) in [5, 5.41) is 3.55. The topological polar surface area (TPSA) is 66.0 Å². The van der Waals surface area contributed by atoms with E-state index in [0.29, 0.717) is 32.7 Å². The number of esters is 1. The van der Waals surface area contributed by atoms with Crippen LogP contribution in [-0.2, 0) is 30.8 Å². The number of nitrogens with one attached hydrogen (secondary N) is 1. The smallest absolute Gasteiger partial charge is 0.331 e. The summed E-state index contributed by atoms with van der Waals surface area (Å²) in [6.07, 6.45) is 5.43. The van der Waals surface area contributed by atoms with Crippen LogP contribution in [0.4, 0.5) is 5.69 Å². The van der Waals surface area contributed by atoms with Crippen molar-refractivity contribution in [2.45, 2.75) is 49.5 Å². The molecule has 4 rings (SSSR count). The van der Waals surface area contributed by atoms with Gasteiger partial charge in [-0.1, -0.05) is 28.1 Å². The number of ether oxygens (including phenoxy) is 4. The minimum Gasteiger partial charge on any atom is -0.491 e. The van der Waals surface area contributed by atoms with Crippen LogP contribution in [0.3, 0.4) is 0 Å². The first kappa shape index (κ1) is 25.0. The van der Waals surface area contributed by atoms with Crippen LogP contribution in [-0.4, -0.2) is 52.2 Å². The molecule has 0 saturated heterocycles. The van der Waals surface area contributed by atoms with Crippen molar-refractivity contribution in [3.05, 3.63) is 58.1 Å². The number of methoxy groups -OCH3 is 2. The molecule has 2 aliphatic rings. The van der Waals surface area contributed by atoms with E-state index < -0.39 is 5.54 Å². The van der Waals surface area contributed by atoms with Crippen LogP contribution in [0.15, 0.2) is 46.9 Å². The van der Waals surface area contributed by atoms with Crippen molar-refractivity contribution in [3.63, 3.8) is 0 Å². The molecule has 0 aromatic heterocycles. The van der Waals surface area contributed by atoms with Gasteiger partial charge in [0, 0.05) is 24.4 Å². The average Bonchev–Trinajstić information content (AvgIpc) is 3.19. The van der Waals surface area contributed by atoms with Gasteiger partial charge in [0.05, 0.1) is 13.2 Å². The van der Waals surface area contributed by atoms with Crippen LogP contribution in [0.2, 0.25) is 0 Å². The van der Waals surface area contributed by atoms with Crippen LogP contribution in [0.25, 0.3) is 0 Å². The molecule has 0 radical (unpaired) electrons. The average molecular weight is 532 g/mol. The lowest BCUT2D eigenvalue weighted by molar-refractivity contribution is -0.152. The number of benzene rings is 2. The SMILES string of the molecule is COCCOC(=O)C1(Nc2cccc(Br)c2)CCC2(CCc3ccc(OCCOC)cc32)CC1. The monoisotopic (exact) mass is 531 g/mol. The molecule has 0 heterocycles. The molecule has 1 spiro atoms. The molecule has 0 aliphatic heterocycles. The van der Waals surface area contributed by atoms with E-state index >= 15 is 0 Å². The van der Waals surface area contributed by atoms with E-state index in [0.717, 1.165) is 41.6 Å². The van der Waals surface area contributed by atoms with Gasteiger partial charge in [-0.05, 0) is 85.4 Å². The number of anilines is 1. The second-order valence-corrected chi connectivity index (χ2v) is 10.2. The van der Waals surface area contributed by atoms with Gasteiger partial charge in [-0.2, -0.15) is 0 Å². The quantitative estimate of drug-likeness (QED) is 0.332. The summed E-state index contributed by atoms with van der Waals surface area (Å²) in [5.74, 6) is 0.689. The zero-order valence-corrected chi connectivity index (χ0v) is 21.6. The third kappa shape index (κ3) is 5.42. The summed E-state index contributed by atoms with van der Waals surface area (Å²) in [6, 6.07) is 14.4. The van der Waals surface area contributed by atoms with Crippen molar-refractivity contribution < 1.29 is 23.7 Å². The summed E-state index contributed by atoms with van der Waals surface area (Å²) >= 11 is 3.54. The van der Waals surface area contributed by atoms with Gasteiger partial charge in [0.15, 0.2) is 0 Å². The molecule has 7 heteroatoms. The lowest BCUT2D eigenvalue weighted by Gasteiger charge is -2.44. The third-order valence-corrected chi connectivity index (χ3v) is 7.76. The highest BCUT2D eigenvalue weighted by Crippen LogP contribution is 2.52. The van der Waals surface area contributed by atoms with Gasteiger partial charge >= 0.3 is 5.97 Å². The maximum Gasteiger partial charge on any atom is 0.331 e. The zero-order chi connectivity index (χ0) is 24.0. The molecule has 6 nitrogen and oxygen atoms in total. The fraction of sp³-hybridized carbons (Fsp3) is 0.519. The Bertz CT molecular complexity index is 987. The summed E-state index contributed by atoms with van der Waals surface area (Å²) in [6.45, 7) is 1.75. The molecule has 0 atom stereocenters. The van der Waals surface area contributed by atoms with Crippen molar-refractivity contribution in [2.24, 2.45) is 0 Å². The molecule has 0 unspecified atom stereocenters. The lowest BCUT2D eigenvalue weighted by atomic mass is 9.64. The maximum absolute atomic E-state index is 13.4. The van der Waals surface area contributed by atoms with Crippen LogP contribution >= 0.6 is 15.9 Å². The van der Waals surface area contributed by atoms with Crippen molar-refractivity contribution in [3.8, 4) is 5.75 Å². The van der Waals surface area contributed by atoms with Crippen LogP contribution < -0.4 is 10.1 Å². The molecule has 0 amide bonds. The van der Waals surface area contributed by atoms with Crippen molar-refractivity contribution >= 4 is 27.6 Å². The van der Waals surface area contributed by atoms with E-state index in [2.05, 4.69) is 39.4 Å². The van der Waals surface area contributed by atoms with E-state index in [9.17, 15) is 4.79 Å². The minimum atomic E-state index is -0.755. The van der Waals surface area contributed by atoms with Crippen LogP contribution in [0, 0.1) is 0 Å². The van der Waals surface area contributed by atoms with E-state index in [-0.39, 0.29) is 18.0 Å². The Morgan fingerprint density at radius 3 is 2.44 bits per heavy atom. The van der Waals surface area contributed by atoms with Gasteiger partial charge in [0.25, 0.3) is 0 Å². The van der Waals surface area contributed by atoms with Gasteiger partial charge in [0.1, 0.15) is 24.5 Å². The molecule has 2 aliphatic carbocycles. The first-order valence-electron chi connectivity index (χ1n) is 12.0. The largest absolute Gasteiger partial charge is 0.491 e. The fourth-order valence-corrected chi connectivity index (χ4v) is 5.76. The lowest BCUT2D eigenvalue weighted by Crippen LogP contribution is -2.52. The zero-order valence-electron chi connectivity index (χ0n) is 20.0. The van der Waals surface area contributed by atoms with Crippen LogP contribution in [0.1, 0.15) is 43.2 Å². The predicted octanol–water partition coefficient (Wildman–Crippen LogP) is 5.27. The van der Waals surface area contributed by atoms with Gasteiger partial charge in [-0.3, -0.25) is 0 Å². The summed E-state index contributed by atoms with van der Waals surface area (Å²) in [7, 11) is 3.29. The Balaban J connectivity index is 1.54. The number of fused-ring (bicyclic) bond motifs is 2. The van der Waals surface area contributed by atoms with E-state index in [4.69, 9.17) is 18.9 Å². The van der Waals surface area contributed by atoms with Crippen molar-refractivity contribution in [1.29, 1.82) is 0 Å². The molecule has 2 aromatic carbocycles. The molecule has 1 N–H and O–H groups in total. The Morgan fingerprint density at radius 2 is 1.71 bits per heavy atom. The number of rotatable bonds is 10. The first-order chi connectivity index (χ1) is 16.5. The predicted molar refractivity (Wildman–Crippen MR) is 136 cm³/mol. The normalized spacial score (nSPS) is 23.5. The van der Waals surface area contributed by atoms with Gasteiger partial charge in [-0.25, -0.2) is 4.79 Å². The highest BCUT2D eigenvalue weighted by Gasteiger charge is 2.50. The number of aryl methyl sites for hydroxylation is 1. The molecular weight excluding hydrogens is 498 g/mol. The second kappa shape index (κ2) is 11.1. The standard InChI is InChI=1S/C27H34BrNO5/c1-31-14-16-33-23-7-6-20-8-9-26(24(20)19-23)10-12-27(13-11-26,25(30)34-17-15-32-2)29-22-5-3-4-21(28)18-22/h3-7,18-19,29H,8-17H2,1-2H3. The molecule has 2 aromatic rings. The third-order valence-electron chi connectivity index (χ3n) is 7.26. The number of hydrogen-bond acceptors (Lipinski definition) is 6. The number of carbonyl (C=O) groups is 1. The van der Waals surface area contributed by atoms with Crippen LogP contribution in [0.5, 0.6) is 5.75 Å². The Morgan fingerprint density at radius 1 is 0.941 bits per heavy atom. The molecular formula is C27H34BrNO5. The number of carbonyl (C=O) groups excluding carboxylic acids is 1. The molecule has 1 saturated carbocycles. The Labute approximate surface area is 210 Å². The van der Waals surface area contributed by atoms with Crippen molar-refractivity contribution in [2.75, 3.05) is 46.0 Å². The summed E-state index contributed by atoms with van der Waals surface area (Å²) in [4.78, 5) is 13.4. The maximum atomic E-state index is 13.4. The fourth-order valence-electron chi connectivity index (χ4n) is 5.36. The summed E-state index contributed by atoms with van der Waals surface area (Å²) in [5.41, 5.74) is 3.01. The minimum absolute atomic E-state index is 0.0746.